The molecule has 2 heterocycles. The van der Waals surface area contributed by atoms with Gasteiger partial charge >= 0.3 is 0 Å². The molecule has 0 atom stereocenters. The lowest BCUT2D eigenvalue weighted by Crippen LogP contribution is -2.39. The Hall–Kier alpha value is -2.30. The number of benzene rings is 1. The number of piperidine rings is 1. The summed E-state index contributed by atoms with van der Waals surface area (Å²) >= 11 is 0. The van der Waals surface area contributed by atoms with Crippen LogP contribution < -0.4 is 4.74 Å². The molecule has 0 spiro atoms. The van der Waals surface area contributed by atoms with Crippen LogP contribution in [0.5, 0.6) is 5.75 Å². The van der Waals surface area contributed by atoms with E-state index >= 15 is 0 Å². The van der Waals surface area contributed by atoms with Gasteiger partial charge in [-0.2, -0.15) is 0 Å². The third-order valence-corrected chi connectivity index (χ3v) is 4.83. The smallest absolute Gasteiger partial charge is 0.259 e. The van der Waals surface area contributed by atoms with Crippen molar-refractivity contribution in [2.75, 3.05) is 20.2 Å². The molecule has 1 fully saturated rings. The van der Waals surface area contributed by atoms with E-state index in [4.69, 9.17) is 9.26 Å². The van der Waals surface area contributed by atoms with Crippen LogP contribution in [0.15, 0.2) is 28.8 Å². The Bertz CT molecular complexity index is 678. The molecule has 0 N–H and O–H groups in total. The molecule has 1 aliphatic rings. The molecule has 0 unspecified atom stereocenters. The van der Waals surface area contributed by atoms with Crippen LogP contribution in [-0.4, -0.2) is 36.2 Å². The lowest BCUT2D eigenvalue weighted by molar-refractivity contribution is 0.0688. The second-order valence-corrected chi connectivity index (χ2v) is 6.49. The Balaban J connectivity index is 1.56. The van der Waals surface area contributed by atoms with Gasteiger partial charge in [0.25, 0.3) is 5.91 Å². The minimum absolute atomic E-state index is 0.0501. The van der Waals surface area contributed by atoms with E-state index < -0.39 is 0 Å². The van der Waals surface area contributed by atoms with E-state index in [0.717, 1.165) is 38.1 Å². The predicted molar refractivity (Wildman–Crippen MR) is 91.3 cm³/mol. The Morgan fingerprint density at radius 1 is 1.25 bits per heavy atom. The first kappa shape index (κ1) is 16.6. The second kappa shape index (κ2) is 7.07. The van der Waals surface area contributed by atoms with Crippen molar-refractivity contribution in [3.8, 4) is 5.75 Å². The normalized spacial score (nSPS) is 15.5. The molecule has 1 aliphatic heterocycles. The maximum absolute atomic E-state index is 12.7. The van der Waals surface area contributed by atoms with E-state index in [1.807, 2.05) is 24.0 Å². The quantitative estimate of drug-likeness (QED) is 0.863. The van der Waals surface area contributed by atoms with Crippen LogP contribution in [0.1, 0.15) is 40.2 Å². The summed E-state index contributed by atoms with van der Waals surface area (Å²) in [6.07, 6.45) is 3.11. The van der Waals surface area contributed by atoms with Gasteiger partial charge in [0.05, 0.1) is 12.8 Å². The van der Waals surface area contributed by atoms with Gasteiger partial charge in [-0.05, 0) is 56.7 Å². The van der Waals surface area contributed by atoms with Crippen LogP contribution in [0.2, 0.25) is 0 Å². The molecular weight excluding hydrogens is 304 g/mol. The average Bonchev–Trinajstić information content (AvgIpc) is 2.94. The number of hydrogen-bond donors (Lipinski definition) is 0. The van der Waals surface area contributed by atoms with Crippen LogP contribution in [0.25, 0.3) is 0 Å². The lowest BCUT2D eigenvalue weighted by atomic mass is 9.90. The highest BCUT2D eigenvalue weighted by Crippen LogP contribution is 2.25. The van der Waals surface area contributed by atoms with Crippen molar-refractivity contribution in [3.05, 3.63) is 46.8 Å². The summed E-state index contributed by atoms with van der Waals surface area (Å²) in [5.41, 5.74) is 2.63. The summed E-state index contributed by atoms with van der Waals surface area (Å²) in [6, 6.07) is 8.26. The fraction of sp³-hybridized carbons (Fsp3) is 0.474. The summed E-state index contributed by atoms with van der Waals surface area (Å²) in [4.78, 5) is 14.6. The molecule has 1 aromatic carbocycles. The van der Waals surface area contributed by atoms with Gasteiger partial charge < -0.3 is 14.2 Å². The van der Waals surface area contributed by atoms with Crippen LogP contribution in [-0.2, 0) is 6.42 Å². The number of aryl methyl sites for hydroxylation is 2. The molecule has 3 rings (SSSR count). The Labute approximate surface area is 142 Å². The number of amides is 1. The fourth-order valence-corrected chi connectivity index (χ4v) is 3.38. The van der Waals surface area contributed by atoms with Crippen molar-refractivity contribution in [2.45, 2.75) is 33.1 Å². The molecule has 0 saturated carbocycles. The van der Waals surface area contributed by atoms with Crippen molar-refractivity contribution in [1.29, 1.82) is 0 Å². The Morgan fingerprint density at radius 2 is 1.92 bits per heavy atom. The number of aromatic nitrogens is 1. The number of methoxy groups -OCH3 is 1. The summed E-state index contributed by atoms with van der Waals surface area (Å²) in [6.45, 7) is 5.21. The van der Waals surface area contributed by atoms with Crippen molar-refractivity contribution >= 4 is 5.91 Å². The molecule has 5 nitrogen and oxygen atoms in total. The number of likely N-dealkylation sites (tertiary alicyclic amines) is 1. The van der Waals surface area contributed by atoms with Gasteiger partial charge in [0.1, 0.15) is 17.1 Å². The highest BCUT2D eigenvalue weighted by molar-refractivity contribution is 5.96. The molecule has 1 amide bonds. The van der Waals surface area contributed by atoms with Crippen molar-refractivity contribution < 1.29 is 14.1 Å². The lowest BCUT2D eigenvalue weighted by Gasteiger charge is -2.32. The minimum atomic E-state index is 0.0501. The molecule has 5 heteroatoms. The summed E-state index contributed by atoms with van der Waals surface area (Å²) in [5.74, 6) is 2.16. The molecule has 2 aromatic rings. The Kier molecular flexibility index (Phi) is 4.88. The van der Waals surface area contributed by atoms with Crippen molar-refractivity contribution in [1.82, 2.24) is 10.1 Å². The third-order valence-electron chi connectivity index (χ3n) is 4.83. The molecular formula is C19H24N2O3. The van der Waals surface area contributed by atoms with Gasteiger partial charge in [-0.3, -0.25) is 4.79 Å². The Morgan fingerprint density at radius 3 is 2.46 bits per heavy atom. The monoisotopic (exact) mass is 328 g/mol. The van der Waals surface area contributed by atoms with Gasteiger partial charge in [-0.15, -0.1) is 0 Å². The molecule has 24 heavy (non-hydrogen) atoms. The number of nitrogens with zero attached hydrogens (tertiary/aromatic N) is 2. The van der Waals surface area contributed by atoms with Crippen LogP contribution in [0.4, 0.5) is 0 Å². The first-order chi connectivity index (χ1) is 11.6. The van der Waals surface area contributed by atoms with E-state index in [1.165, 1.54) is 5.56 Å². The third kappa shape index (κ3) is 3.45. The first-order valence-electron chi connectivity index (χ1n) is 8.43. The van der Waals surface area contributed by atoms with Crippen LogP contribution in [0.3, 0.4) is 0 Å². The van der Waals surface area contributed by atoms with Gasteiger partial charge in [-0.1, -0.05) is 17.3 Å². The van der Waals surface area contributed by atoms with Crippen LogP contribution >= 0.6 is 0 Å². The SMILES string of the molecule is COc1ccc(CC2CCN(C(=O)c3c(C)noc3C)CC2)cc1. The molecule has 1 aromatic heterocycles. The zero-order valence-electron chi connectivity index (χ0n) is 14.5. The summed E-state index contributed by atoms with van der Waals surface area (Å²) in [7, 11) is 1.68. The summed E-state index contributed by atoms with van der Waals surface area (Å²) in [5, 5.41) is 3.88. The average molecular weight is 328 g/mol. The molecule has 0 radical (unpaired) electrons. The number of rotatable bonds is 4. The number of ether oxygens (including phenoxy) is 1. The van der Waals surface area contributed by atoms with Crippen LogP contribution in [0, 0.1) is 19.8 Å². The zero-order chi connectivity index (χ0) is 17.1. The standard InChI is InChI=1S/C19H24N2O3/c1-13-18(14(2)24-20-13)19(22)21-10-8-16(9-11-21)12-15-4-6-17(23-3)7-5-15/h4-7,16H,8-12H2,1-3H3. The molecule has 1 saturated heterocycles. The fourth-order valence-electron chi connectivity index (χ4n) is 3.38. The maximum atomic E-state index is 12.7. The number of hydrogen-bond acceptors (Lipinski definition) is 4. The van der Waals surface area contributed by atoms with Gasteiger partial charge in [0, 0.05) is 13.1 Å². The number of carbonyl (C=O) groups is 1. The first-order valence-corrected chi connectivity index (χ1v) is 8.43. The summed E-state index contributed by atoms with van der Waals surface area (Å²) < 4.78 is 10.3. The highest BCUT2D eigenvalue weighted by atomic mass is 16.5. The molecule has 0 aliphatic carbocycles. The minimum Gasteiger partial charge on any atom is -0.497 e. The number of carbonyl (C=O) groups excluding carboxylic acids is 1. The van der Waals surface area contributed by atoms with Gasteiger partial charge in [0.15, 0.2) is 0 Å². The van der Waals surface area contributed by atoms with E-state index in [2.05, 4.69) is 17.3 Å². The largest absolute Gasteiger partial charge is 0.497 e. The van der Waals surface area contributed by atoms with E-state index in [-0.39, 0.29) is 5.91 Å². The van der Waals surface area contributed by atoms with E-state index in [1.54, 1.807) is 14.0 Å². The maximum Gasteiger partial charge on any atom is 0.259 e. The van der Waals surface area contributed by atoms with Crippen molar-refractivity contribution in [3.63, 3.8) is 0 Å². The van der Waals surface area contributed by atoms with E-state index in [9.17, 15) is 4.79 Å². The second-order valence-electron chi connectivity index (χ2n) is 6.49. The van der Waals surface area contributed by atoms with Gasteiger partial charge in [-0.25, -0.2) is 0 Å². The van der Waals surface area contributed by atoms with Crippen molar-refractivity contribution in [2.24, 2.45) is 5.92 Å². The molecule has 128 valence electrons. The molecule has 0 bridgehead atoms. The topological polar surface area (TPSA) is 55.6 Å². The van der Waals surface area contributed by atoms with E-state index in [0.29, 0.717) is 22.9 Å². The van der Waals surface area contributed by atoms with Gasteiger partial charge in [0.2, 0.25) is 0 Å². The zero-order valence-corrected chi connectivity index (χ0v) is 14.5. The highest BCUT2D eigenvalue weighted by Gasteiger charge is 2.27. The predicted octanol–water partition coefficient (Wildman–Crippen LogP) is 3.39.